The van der Waals surface area contributed by atoms with Crippen molar-refractivity contribution in [3.8, 4) is 11.5 Å². The Balaban J connectivity index is 2.57. The van der Waals surface area contributed by atoms with Gasteiger partial charge in [-0.3, -0.25) is 4.79 Å². The van der Waals surface area contributed by atoms with E-state index >= 15 is 0 Å². The van der Waals surface area contributed by atoms with Crippen LogP contribution in [0.2, 0.25) is 5.02 Å². The van der Waals surface area contributed by atoms with Gasteiger partial charge < -0.3 is 15.2 Å². The van der Waals surface area contributed by atoms with Crippen molar-refractivity contribution in [3.05, 3.63) is 22.2 Å². The second kappa shape index (κ2) is 4.31. The molecule has 0 unspecified atom stereocenters. The molecule has 0 fully saturated rings. The van der Waals surface area contributed by atoms with Gasteiger partial charge in [0.15, 0.2) is 17.3 Å². The SMILES string of the molecule is Cc1c(Cl)c(C(=O)CN)cc2c1OCCO2. The van der Waals surface area contributed by atoms with E-state index in [1.807, 2.05) is 0 Å². The number of ether oxygens (including phenoxy) is 2. The predicted molar refractivity (Wildman–Crippen MR) is 60.6 cm³/mol. The first-order chi connectivity index (χ1) is 7.65. The van der Waals surface area contributed by atoms with Crippen LogP contribution in [0.4, 0.5) is 0 Å². The highest BCUT2D eigenvalue weighted by Gasteiger charge is 2.21. The molecule has 2 rings (SSSR count). The van der Waals surface area contributed by atoms with Gasteiger partial charge in [0.05, 0.1) is 11.6 Å². The minimum atomic E-state index is -0.204. The second-order valence-corrected chi connectivity index (χ2v) is 3.89. The van der Waals surface area contributed by atoms with Crippen LogP contribution in [0.5, 0.6) is 11.5 Å². The molecule has 0 radical (unpaired) electrons. The van der Waals surface area contributed by atoms with Crippen molar-refractivity contribution >= 4 is 17.4 Å². The number of ketones is 1. The second-order valence-electron chi connectivity index (χ2n) is 3.51. The molecule has 1 heterocycles. The lowest BCUT2D eigenvalue weighted by Crippen LogP contribution is -2.19. The summed E-state index contributed by atoms with van der Waals surface area (Å²) >= 11 is 6.09. The number of carbonyl (C=O) groups excluding carboxylic acids is 1. The summed E-state index contributed by atoms with van der Waals surface area (Å²) in [7, 11) is 0. The summed E-state index contributed by atoms with van der Waals surface area (Å²) in [4.78, 5) is 11.6. The Morgan fingerprint density at radius 3 is 2.88 bits per heavy atom. The van der Waals surface area contributed by atoms with E-state index in [1.54, 1.807) is 13.0 Å². The topological polar surface area (TPSA) is 61.6 Å². The molecule has 16 heavy (non-hydrogen) atoms. The summed E-state index contributed by atoms with van der Waals surface area (Å²) in [5, 5.41) is 0.389. The van der Waals surface area contributed by atoms with Gasteiger partial charge in [-0.15, -0.1) is 0 Å². The van der Waals surface area contributed by atoms with E-state index in [-0.39, 0.29) is 12.3 Å². The van der Waals surface area contributed by atoms with Gasteiger partial charge in [-0.25, -0.2) is 0 Å². The van der Waals surface area contributed by atoms with Crippen molar-refractivity contribution < 1.29 is 14.3 Å². The van der Waals surface area contributed by atoms with Gasteiger partial charge in [-0.2, -0.15) is 0 Å². The number of Topliss-reactive ketones (excluding diaryl/α,β-unsaturated/α-hetero) is 1. The van der Waals surface area contributed by atoms with E-state index in [1.165, 1.54) is 0 Å². The average Bonchev–Trinajstić information content (AvgIpc) is 2.33. The summed E-state index contributed by atoms with van der Waals surface area (Å²) in [5.74, 6) is 0.972. The van der Waals surface area contributed by atoms with Crippen molar-refractivity contribution in [2.75, 3.05) is 19.8 Å². The molecule has 2 N–H and O–H groups in total. The monoisotopic (exact) mass is 241 g/mol. The van der Waals surface area contributed by atoms with Gasteiger partial charge in [0.2, 0.25) is 0 Å². The zero-order valence-corrected chi connectivity index (χ0v) is 9.63. The van der Waals surface area contributed by atoms with Crippen LogP contribution in [-0.2, 0) is 0 Å². The maximum atomic E-state index is 11.6. The summed E-state index contributed by atoms with van der Waals surface area (Å²) < 4.78 is 10.9. The molecule has 0 amide bonds. The molecule has 4 nitrogen and oxygen atoms in total. The fourth-order valence-corrected chi connectivity index (χ4v) is 1.89. The summed E-state index contributed by atoms with van der Waals surface area (Å²) in [6.45, 7) is 2.70. The largest absolute Gasteiger partial charge is 0.486 e. The zero-order chi connectivity index (χ0) is 11.7. The molecular formula is C11H12ClNO3. The van der Waals surface area contributed by atoms with Crippen LogP contribution >= 0.6 is 11.6 Å². The highest BCUT2D eigenvalue weighted by atomic mass is 35.5. The minimum Gasteiger partial charge on any atom is -0.486 e. The van der Waals surface area contributed by atoms with Crippen LogP contribution in [0.1, 0.15) is 15.9 Å². The number of fused-ring (bicyclic) bond motifs is 1. The maximum Gasteiger partial charge on any atom is 0.178 e. The van der Waals surface area contributed by atoms with Gasteiger partial charge in [0.25, 0.3) is 0 Å². The smallest absolute Gasteiger partial charge is 0.178 e. The molecule has 1 aliphatic rings. The normalized spacial score (nSPS) is 13.7. The minimum absolute atomic E-state index is 0.0706. The highest BCUT2D eigenvalue weighted by Crippen LogP contribution is 2.39. The van der Waals surface area contributed by atoms with E-state index in [4.69, 9.17) is 26.8 Å². The van der Waals surface area contributed by atoms with Gasteiger partial charge in [0, 0.05) is 11.1 Å². The number of carbonyl (C=O) groups is 1. The lowest BCUT2D eigenvalue weighted by atomic mass is 10.1. The van der Waals surface area contributed by atoms with Crippen molar-refractivity contribution in [3.63, 3.8) is 0 Å². The van der Waals surface area contributed by atoms with Crippen LogP contribution in [0.15, 0.2) is 6.07 Å². The molecule has 1 aromatic rings. The first-order valence-corrected chi connectivity index (χ1v) is 5.35. The van der Waals surface area contributed by atoms with Crippen LogP contribution in [-0.4, -0.2) is 25.5 Å². The van der Waals surface area contributed by atoms with E-state index in [9.17, 15) is 4.79 Å². The van der Waals surface area contributed by atoms with Crippen molar-refractivity contribution in [2.45, 2.75) is 6.92 Å². The Kier molecular flexibility index (Phi) is 3.03. The molecule has 5 heteroatoms. The molecule has 0 aromatic heterocycles. The van der Waals surface area contributed by atoms with Gasteiger partial charge in [0.1, 0.15) is 13.2 Å². The molecule has 0 spiro atoms. The number of halogens is 1. The highest BCUT2D eigenvalue weighted by molar-refractivity contribution is 6.35. The number of hydrogen-bond donors (Lipinski definition) is 1. The van der Waals surface area contributed by atoms with E-state index < -0.39 is 0 Å². The molecule has 0 atom stereocenters. The van der Waals surface area contributed by atoms with Crippen LogP contribution < -0.4 is 15.2 Å². The number of rotatable bonds is 2. The Morgan fingerprint density at radius 2 is 2.19 bits per heavy atom. The predicted octanol–water partition coefficient (Wildman–Crippen LogP) is 1.56. The van der Waals surface area contributed by atoms with Crippen LogP contribution in [0.25, 0.3) is 0 Å². The Labute approximate surface area is 98.3 Å². The number of benzene rings is 1. The molecule has 1 aromatic carbocycles. The Morgan fingerprint density at radius 1 is 1.50 bits per heavy atom. The summed E-state index contributed by atoms with van der Waals surface area (Å²) in [6.07, 6.45) is 0. The third-order valence-electron chi connectivity index (χ3n) is 2.48. The molecule has 0 bridgehead atoms. The summed E-state index contributed by atoms with van der Waals surface area (Å²) in [5.41, 5.74) is 6.43. The summed E-state index contributed by atoms with van der Waals surface area (Å²) in [6, 6.07) is 1.60. The Bertz CT molecular complexity index is 445. The standard InChI is InChI=1S/C11H12ClNO3/c1-6-10(12)7(8(14)5-13)4-9-11(6)16-3-2-15-9/h4H,2-3,5,13H2,1H3. The van der Waals surface area contributed by atoms with Crippen molar-refractivity contribution in [1.29, 1.82) is 0 Å². The van der Waals surface area contributed by atoms with E-state index in [0.717, 1.165) is 5.56 Å². The molecular weight excluding hydrogens is 230 g/mol. The molecule has 86 valence electrons. The van der Waals surface area contributed by atoms with Crippen LogP contribution in [0.3, 0.4) is 0 Å². The van der Waals surface area contributed by atoms with Gasteiger partial charge in [-0.05, 0) is 13.0 Å². The quantitative estimate of drug-likeness (QED) is 0.799. The maximum absolute atomic E-state index is 11.6. The van der Waals surface area contributed by atoms with Gasteiger partial charge >= 0.3 is 0 Å². The molecule has 0 saturated heterocycles. The fourth-order valence-electron chi connectivity index (χ4n) is 1.64. The van der Waals surface area contributed by atoms with Gasteiger partial charge in [-0.1, -0.05) is 11.6 Å². The van der Waals surface area contributed by atoms with E-state index in [0.29, 0.717) is 35.3 Å². The molecule has 0 aliphatic carbocycles. The first kappa shape index (κ1) is 11.2. The van der Waals surface area contributed by atoms with Crippen molar-refractivity contribution in [1.82, 2.24) is 0 Å². The lowest BCUT2D eigenvalue weighted by Gasteiger charge is -2.21. The first-order valence-electron chi connectivity index (χ1n) is 4.97. The number of nitrogens with two attached hydrogens (primary N) is 1. The van der Waals surface area contributed by atoms with Crippen LogP contribution in [0, 0.1) is 6.92 Å². The number of hydrogen-bond acceptors (Lipinski definition) is 4. The Hall–Kier alpha value is -1.26. The average molecular weight is 242 g/mol. The zero-order valence-electron chi connectivity index (χ0n) is 8.88. The third-order valence-corrected chi connectivity index (χ3v) is 2.97. The third kappa shape index (κ3) is 1.74. The fraction of sp³-hybridized carbons (Fsp3) is 0.364. The lowest BCUT2D eigenvalue weighted by molar-refractivity contribution is 0.1000. The van der Waals surface area contributed by atoms with Crippen molar-refractivity contribution in [2.24, 2.45) is 5.73 Å². The van der Waals surface area contributed by atoms with E-state index in [2.05, 4.69) is 0 Å². The molecule has 1 aliphatic heterocycles. The molecule has 0 saturated carbocycles.